The molecule has 3 heterocycles. The van der Waals surface area contributed by atoms with Crippen LogP contribution in [0.15, 0.2) is 22.2 Å². The summed E-state index contributed by atoms with van der Waals surface area (Å²) in [6.07, 6.45) is 0.414. The summed E-state index contributed by atoms with van der Waals surface area (Å²) in [5.41, 5.74) is 1.55. The van der Waals surface area contributed by atoms with Crippen LogP contribution in [0.3, 0.4) is 0 Å². The zero-order valence-electron chi connectivity index (χ0n) is 11.2. The fourth-order valence-corrected chi connectivity index (χ4v) is 3.79. The van der Waals surface area contributed by atoms with Crippen LogP contribution in [-0.2, 0) is 0 Å². The molecule has 1 N–H and O–H groups in total. The highest BCUT2D eigenvalue weighted by Crippen LogP contribution is 2.27. The van der Waals surface area contributed by atoms with Gasteiger partial charge < -0.3 is 10.0 Å². The second kappa shape index (κ2) is 5.63. The van der Waals surface area contributed by atoms with Gasteiger partial charge in [0.2, 0.25) is 0 Å². The van der Waals surface area contributed by atoms with E-state index in [0.717, 1.165) is 17.0 Å². The molecule has 1 amide bonds. The highest BCUT2D eigenvalue weighted by Gasteiger charge is 2.28. The Bertz CT molecular complexity index is 594. The van der Waals surface area contributed by atoms with E-state index in [1.54, 1.807) is 21.6 Å². The number of aromatic nitrogens is 1. The number of thiazole rings is 1. The summed E-state index contributed by atoms with van der Waals surface area (Å²) in [6.45, 7) is 3.12. The molecular formula is C14H16N2O2S2. The first kappa shape index (κ1) is 13.7. The predicted molar refractivity (Wildman–Crippen MR) is 81.1 cm³/mol. The van der Waals surface area contributed by atoms with Gasteiger partial charge in [0.1, 0.15) is 10.7 Å². The van der Waals surface area contributed by atoms with Crippen molar-refractivity contribution in [3.63, 3.8) is 0 Å². The number of β-amino-alcohol motifs (C(OH)–C–C–N with tert-alkyl or cyclic N) is 1. The SMILES string of the molecule is CC1CCN(C(=O)c2csc(-c3ccsc3)n2)CC1O. The highest BCUT2D eigenvalue weighted by atomic mass is 32.1. The van der Waals surface area contributed by atoms with Crippen molar-refractivity contribution in [1.29, 1.82) is 0 Å². The van der Waals surface area contributed by atoms with Crippen molar-refractivity contribution in [2.24, 2.45) is 5.92 Å². The maximum absolute atomic E-state index is 12.4. The Kier molecular flexibility index (Phi) is 3.87. The molecule has 1 saturated heterocycles. The zero-order chi connectivity index (χ0) is 14.1. The monoisotopic (exact) mass is 308 g/mol. The van der Waals surface area contributed by atoms with E-state index in [1.165, 1.54) is 11.3 Å². The minimum Gasteiger partial charge on any atom is -0.391 e. The Balaban J connectivity index is 1.75. The van der Waals surface area contributed by atoms with Gasteiger partial charge in [-0.15, -0.1) is 11.3 Å². The molecule has 2 atom stereocenters. The maximum Gasteiger partial charge on any atom is 0.273 e. The van der Waals surface area contributed by atoms with Gasteiger partial charge in [0.15, 0.2) is 0 Å². The minimum atomic E-state index is -0.428. The summed E-state index contributed by atoms with van der Waals surface area (Å²) in [6, 6.07) is 2.00. The van der Waals surface area contributed by atoms with Crippen LogP contribution in [0.4, 0.5) is 0 Å². The molecule has 1 aliphatic rings. The molecule has 0 aliphatic carbocycles. The molecule has 20 heavy (non-hydrogen) atoms. The summed E-state index contributed by atoms with van der Waals surface area (Å²) < 4.78 is 0. The largest absolute Gasteiger partial charge is 0.391 e. The fourth-order valence-electron chi connectivity index (χ4n) is 2.29. The van der Waals surface area contributed by atoms with Gasteiger partial charge in [0.05, 0.1) is 6.10 Å². The molecule has 2 aromatic heterocycles. The van der Waals surface area contributed by atoms with E-state index in [-0.39, 0.29) is 11.8 Å². The molecule has 6 heteroatoms. The number of nitrogens with zero attached hydrogens (tertiary/aromatic N) is 2. The molecule has 106 valence electrons. The van der Waals surface area contributed by atoms with Gasteiger partial charge in [-0.3, -0.25) is 4.79 Å². The number of thiophene rings is 1. The Hall–Kier alpha value is -1.24. The Labute approximate surface area is 125 Å². The number of amides is 1. The molecule has 0 radical (unpaired) electrons. The molecule has 2 aromatic rings. The lowest BCUT2D eigenvalue weighted by molar-refractivity contribution is 0.0246. The molecule has 1 aliphatic heterocycles. The molecular weight excluding hydrogens is 292 g/mol. The van der Waals surface area contributed by atoms with Crippen molar-refractivity contribution < 1.29 is 9.90 Å². The number of carbonyl (C=O) groups is 1. The van der Waals surface area contributed by atoms with Crippen LogP contribution in [0.25, 0.3) is 10.6 Å². The third-order valence-electron chi connectivity index (χ3n) is 3.70. The van der Waals surface area contributed by atoms with Crippen LogP contribution in [0.1, 0.15) is 23.8 Å². The Morgan fingerprint density at radius 2 is 2.35 bits per heavy atom. The Morgan fingerprint density at radius 1 is 1.50 bits per heavy atom. The minimum absolute atomic E-state index is 0.0753. The molecule has 1 fully saturated rings. The first-order chi connectivity index (χ1) is 9.65. The van der Waals surface area contributed by atoms with E-state index in [0.29, 0.717) is 18.8 Å². The van der Waals surface area contributed by atoms with Crippen molar-refractivity contribution >= 4 is 28.6 Å². The molecule has 3 rings (SSSR count). The van der Waals surface area contributed by atoms with E-state index in [4.69, 9.17) is 0 Å². The third-order valence-corrected chi connectivity index (χ3v) is 5.27. The van der Waals surface area contributed by atoms with Crippen molar-refractivity contribution in [2.45, 2.75) is 19.4 Å². The summed E-state index contributed by atoms with van der Waals surface area (Å²) >= 11 is 3.11. The van der Waals surface area contributed by atoms with Gasteiger partial charge in [0.25, 0.3) is 5.91 Å². The van der Waals surface area contributed by atoms with Crippen LogP contribution >= 0.6 is 22.7 Å². The summed E-state index contributed by atoms with van der Waals surface area (Å²) in [5, 5.41) is 16.6. The number of hydrogen-bond donors (Lipinski definition) is 1. The molecule has 0 saturated carbocycles. The second-order valence-corrected chi connectivity index (χ2v) is 6.77. The Morgan fingerprint density at radius 3 is 3.05 bits per heavy atom. The fraction of sp³-hybridized carbons (Fsp3) is 0.429. The van der Waals surface area contributed by atoms with Crippen molar-refractivity contribution in [3.8, 4) is 10.6 Å². The number of piperidine rings is 1. The lowest BCUT2D eigenvalue weighted by atomic mass is 9.96. The second-order valence-electron chi connectivity index (χ2n) is 5.13. The molecule has 4 nitrogen and oxygen atoms in total. The van der Waals surface area contributed by atoms with Crippen LogP contribution in [-0.4, -0.2) is 40.1 Å². The molecule has 0 bridgehead atoms. The van der Waals surface area contributed by atoms with Crippen LogP contribution < -0.4 is 0 Å². The standard InChI is InChI=1S/C14H16N2O2S2/c1-9-2-4-16(6-12(9)17)14(18)11-8-20-13(15-11)10-3-5-19-7-10/h3,5,7-9,12,17H,2,4,6H2,1H3. The summed E-state index contributed by atoms with van der Waals surface area (Å²) in [4.78, 5) is 18.5. The van der Waals surface area contributed by atoms with E-state index in [9.17, 15) is 9.90 Å². The van der Waals surface area contributed by atoms with Crippen molar-refractivity contribution in [2.75, 3.05) is 13.1 Å². The number of aliphatic hydroxyl groups is 1. The van der Waals surface area contributed by atoms with Gasteiger partial charge in [-0.2, -0.15) is 11.3 Å². The molecule has 0 aromatic carbocycles. The predicted octanol–water partition coefficient (Wildman–Crippen LogP) is 2.71. The lowest BCUT2D eigenvalue weighted by Gasteiger charge is -2.33. The number of rotatable bonds is 2. The van der Waals surface area contributed by atoms with Gasteiger partial charge >= 0.3 is 0 Å². The van der Waals surface area contributed by atoms with E-state index in [2.05, 4.69) is 4.98 Å². The number of carbonyl (C=O) groups excluding carboxylic acids is 1. The first-order valence-corrected chi connectivity index (χ1v) is 8.43. The molecule has 2 unspecified atom stereocenters. The van der Waals surface area contributed by atoms with Crippen molar-refractivity contribution in [1.82, 2.24) is 9.88 Å². The van der Waals surface area contributed by atoms with Crippen LogP contribution in [0.5, 0.6) is 0 Å². The van der Waals surface area contributed by atoms with E-state index >= 15 is 0 Å². The summed E-state index contributed by atoms with van der Waals surface area (Å²) in [5.74, 6) is 0.185. The van der Waals surface area contributed by atoms with Gasteiger partial charge in [-0.25, -0.2) is 4.98 Å². The average Bonchev–Trinajstić information content (AvgIpc) is 3.11. The van der Waals surface area contributed by atoms with Crippen LogP contribution in [0, 0.1) is 5.92 Å². The number of likely N-dealkylation sites (tertiary alicyclic amines) is 1. The van der Waals surface area contributed by atoms with Crippen LogP contribution in [0.2, 0.25) is 0 Å². The molecule has 0 spiro atoms. The third kappa shape index (κ3) is 2.63. The summed E-state index contributed by atoms with van der Waals surface area (Å²) in [7, 11) is 0. The van der Waals surface area contributed by atoms with E-state index < -0.39 is 6.10 Å². The number of hydrogen-bond acceptors (Lipinski definition) is 5. The lowest BCUT2D eigenvalue weighted by Crippen LogP contribution is -2.45. The van der Waals surface area contributed by atoms with Gasteiger partial charge in [-0.05, 0) is 23.8 Å². The van der Waals surface area contributed by atoms with Crippen molar-refractivity contribution in [3.05, 3.63) is 27.9 Å². The van der Waals surface area contributed by atoms with E-state index in [1.807, 2.05) is 23.8 Å². The first-order valence-electron chi connectivity index (χ1n) is 6.60. The topological polar surface area (TPSA) is 53.4 Å². The normalized spacial score (nSPS) is 23.0. The number of aliphatic hydroxyl groups excluding tert-OH is 1. The average molecular weight is 308 g/mol. The highest BCUT2D eigenvalue weighted by molar-refractivity contribution is 7.14. The zero-order valence-corrected chi connectivity index (χ0v) is 12.8. The smallest absolute Gasteiger partial charge is 0.273 e. The van der Waals surface area contributed by atoms with Gasteiger partial charge in [-0.1, -0.05) is 6.92 Å². The maximum atomic E-state index is 12.4. The quantitative estimate of drug-likeness (QED) is 0.928. The van der Waals surface area contributed by atoms with Gasteiger partial charge in [0, 0.05) is 29.4 Å².